The molecule has 0 saturated heterocycles. The Bertz CT molecular complexity index is 714. The summed E-state index contributed by atoms with van der Waals surface area (Å²) in [5, 5.41) is 3.60. The van der Waals surface area contributed by atoms with Crippen molar-refractivity contribution in [2.24, 2.45) is 5.92 Å². The number of carbonyl (C=O) groups excluding carboxylic acids is 1. The number of para-hydroxylation sites is 2. The second-order valence-corrected chi connectivity index (χ2v) is 6.49. The van der Waals surface area contributed by atoms with Gasteiger partial charge in [-0.2, -0.15) is 0 Å². The third-order valence-electron chi connectivity index (χ3n) is 4.37. The molecule has 24 heavy (non-hydrogen) atoms. The standard InChI is InChI=1S/C19H21ClN2O2/c1-13(14-7-8-14)22(17-5-3-4-6-18(17)24-2)19(23)21-16-11-9-15(20)10-12-16/h3-6,9-14H,7-8H2,1-2H3,(H,21,23)/t13-/m1/s1. The summed E-state index contributed by atoms with van der Waals surface area (Å²) in [6.45, 7) is 2.09. The fourth-order valence-corrected chi connectivity index (χ4v) is 2.97. The van der Waals surface area contributed by atoms with E-state index in [9.17, 15) is 4.79 Å². The van der Waals surface area contributed by atoms with Gasteiger partial charge < -0.3 is 10.1 Å². The second kappa shape index (κ2) is 7.14. The van der Waals surface area contributed by atoms with Gasteiger partial charge in [-0.1, -0.05) is 23.7 Å². The number of benzene rings is 2. The molecule has 2 aromatic rings. The lowest BCUT2D eigenvalue weighted by Crippen LogP contribution is -2.43. The van der Waals surface area contributed by atoms with Crippen LogP contribution in [0.25, 0.3) is 0 Å². The molecule has 1 fully saturated rings. The number of hydrogen-bond acceptors (Lipinski definition) is 2. The summed E-state index contributed by atoms with van der Waals surface area (Å²) in [6, 6.07) is 14.7. The van der Waals surface area contributed by atoms with Crippen LogP contribution in [0, 0.1) is 5.92 Å². The predicted molar refractivity (Wildman–Crippen MR) is 98.1 cm³/mol. The van der Waals surface area contributed by atoms with Crippen LogP contribution < -0.4 is 15.0 Å². The fourth-order valence-electron chi connectivity index (χ4n) is 2.85. The van der Waals surface area contributed by atoms with Gasteiger partial charge in [0.25, 0.3) is 0 Å². The molecule has 1 aliphatic rings. The Hall–Kier alpha value is -2.20. The van der Waals surface area contributed by atoms with E-state index < -0.39 is 0 Å². The van der Waals surface area contributed by atoms with Crippen LogP contribution in [0.3, 0.4) is 0 Å². The van der Waals surface area contributed by atoms with E-state index in [0.717, 1.165) is 18.5 Å². The SMILES string of the molecule is COc1ccccc1N(C(=O)Nc1ccc(Cl)cc1)[C@H](C)C1CC1. The highest BCUT2D eigenvalue weighted by molar-refractivity contribution is 6.30. The molecule has 0 aliphatic heterocycles. The summed E-state index contributed by atoms with van der Waals surface area (Å²) in [5.41, 5.74) is 1.50. The Morgan fingerprint density at radius 3 is 2.50 bits per heavy atom. The molecule has 126 valence electrons. The molecule has 0 heterocycles. The van der Waals surface area contributed by atoms with Crippen LogP contribution in [0.5, 0.6) is 5.75 Å². The van der Waals surface area contributed by atoms with Crippen molar-refractivity contribution in [3.63, 3.8) is 0 Å². The Balaban J connectivity index is 1.89. The first-order valence-electron chi connectivity index (χ1n) is 8.09. The molecule has 1 atom stereocenters. The summed E-state index contributed by atoms with van der Waals surface area (Å²) in [7, 11) is 1.62. The summed E-state index contributed by atoms with van der Waals surface area (Å²) < 4.78 is 5.45. The maximum absolute atomic E-state index is 13.0. The van der Waals surface area contributed by atoms with Crippen molar-refractivity contribution >= 4 is 29.0 Å². The molecule has 2 aromatic carbocycles. The van der Waals surface area contributed by atoms with Gasteiger partial charge in [0.1, 0.15) is 5.75 Å². The van der Waals surface area contributed by atoms with Gasteiger partial charge in [0.2, 0.25) is 0 Å². The average molecular weight is 345 g/mol. The van der Waals surface area contributed by atoms with Crippen LogP contribution in [0.1, 0.15) is 19.8 Å². The van der Waals surface area contributed by atoms with Crippen LogP contribution in [-0.4, -0.2) is 19.2 Å². The van der Waals surface area contributed by atoms with Gasteiger partial charge in [-0.3, -0.25) is 4.90 Å². The van der Waals surface area contributed by atoms with E-state index >= 15 is 0 Å². The first-order chi connectivity index (χ1) is 11.6. The molecule has 0 aromatic heterocycles. The number of urea groups is 1. The average Bonchev–Trinajstić information content (AvgIpc) is 3.42. The third kappa shape index (κ3) is 3.65. The summed E-state index contributed by atoms with van der Waals surface area (Å²) >= 11 is 5.91. The Morgan fingerprint density at radius 1 is 1.21 bits per heavy atom. The third-order valence-corrected chi connectivity index (χ3v) is 4.62. The number of hydrogen-bond donors (Lipinski definition) is 1. The minimum Gasteiger partial charge on any atom is -0.495 e. The molecule has 4 nitrogen and oxygen atoms in total. The Labute approximate surface area is 147 Å². The molecule has 0 unspecified atom stereocenters. The van der Waals surface area contributed by atoms with Crippen LogP contribution >= 0.6 is 11.6 Å². The van der Waals surface area contributed by atoms with E-state index in [-0.39, 0.29) is 12.1 Å². The van der Waals surface area contributed by atoms with Crippen molar-refractivity contribution < 1.29 is 9.53 Å². The number of methoxy groups -OCH3 is 1. The summed E-state index contributed by atoms with van der Waals surface area (Å²) in [5.74, 6) is 1.22. The molecule has 1 N–H and O–H groups in total. The van der Waals surface area contributed by atoms with Gasteiger partial charge in [0, 0.05) is 16.8 Å². The smallest absolute Gasteiger partial charge is 0.326 e. The van der Waals surface area contributed by atoms with E-state index in [4.69, 9.17) is 16.3 Å². The number of nitrogens with zero attached hydrogens (tertiary/aromatic N) is 1. The van der Waals surface area contributed by atoms with Gasteiger partial charge >= 0.3 is 6.03 Å². The van der Waals surface area contributed by atoms with Gasteiger partial charge in [-0.25, -0.2) is 4.79 Å². The first-order valence-corrected chi connectivity index (χ1v) is 8.46. The van der Waals surface area contributed by atoms with Crippen molar-refractivity contribution in [3.8, 4) is 5.75 Å². The van der Waals surface area contributed by atoms with Gasteiger partial charge in [0.15, 0.2) is 0 Å². The lowest BCUT2D eigenvalue weighted by molar-refractivity contribution is 0.254. The number of nitrogens with one attached hydrogen (secondary N) is 1. The number of carbonyl (C=O) groups is 1. The van der Waals surface area contributed by atoms with Crippen LogP contribution in [0.2, 0.25) is 5.02 Å². The largest absolute Gasteiger partial charge is 0.495 e. The molecule has 0 radical (unpaired) electrons. The van der Waals surface area contributed by atoms with E-state index in [2.05, 4.69) is 12.2 Å². The molecule has 3 rings (SSSR count). The molecular formula is C19H21ClN2O2. The molecule has 5 heteroatoms. The minimum absolute atomic E-state index is 0.105. The summed E-state index contributed by atoms with van der Waals surface area (Å²) in [4.78, 5) is 14.8. The number of halogens is 1. The first kappa shape index (κ1) is 16.7. The minimum atomic E-state index is -0.166. The van der Waals surface area contributed by atoms with Crippen molar-refractivity contribution in [2.75, 3.05) is 17.3 Å². The topological polar surface area (TPSA) is 41.6 Å². The molecule has 1 saturated carbocycles. The van der Waals surface area contributed by atoms with Gasteiger partial charge in [0.05, 0.1) is 12.8 Å². The van der Waals surface area contributed by atoms with Crippen molar-refractivity contribution in [2.45, 2.75) is 25.8 Å². The Morgan fingerprint density at radius 2 is 1.88 bits per heavy atom. The lowest BCUT2D eigenvalue weighted by atomic mass is 10.1. The number of anilines is 2. The van der Waals surface area contributed by atoms with Crippen LogP contribution in [-0.2, 0) is 0 Å². The molecular weight excluding hydrogens is 324 g/mol. The maximum Gasteiger partial charge on any atom is 0.326 e. The van der Waals surface area contributed by atoms with E-state index in [0.29, 0.717) is 22.4 Å². The second-order valence-electron chi connectivity index (χ2n) is 6.06. The zero-order valence-electron chi connectivity index (χ0n) is 13.8. The fraction of sp³-hybridized carbons (Fsp3) is 0.316. The maximum atomic E-state index is 13.0. The van der Waals surface area contributed by atoms with Crippen molar-refractivity contribution in [1.29, 1.82) is 0 Å². The molecule has 1 aliphatic carbocycles. The highest BCUT2D eigenvalue weighted by Gasteiger charge is 2.36. The quantitative estimate of drug-likeness (QED) is 0.811. The monoisotopic (exact) mass is 344 g/mol. The van der Waals surface area contributed by atoms with Crippen LogP contribution in [0.4, 0.5) is 16.2 Å². The lowest BCUT2D eigenvalue weighted by Gasteiger charge is -2.30. The van der Waals surface area contributed by atoms with Gasteiger partial charge in [-0.05, 0) is 62.1 Å². The normalized spacial score (nSPS) is 14.8. The van der Waals surface area contributed by atoms with Crippen LogP contribution in [0.15, 0.2) is 48.5 Å². The van der Waals surface area contributed by atoms with Gasteiger partial charge in [-0.15, -0.1) is 0 Å². The van der Waals surface area contributed by atoms with E-state index in [1.54, 1.807) is 36.3 Å². The highest BCUT2D eigenvalue weighted by Crippen LogP contribution is 2.39. The molecule has 0 bridgehead atoms. The summed E-state index contributed by atoms with van der Waals surface area (Å²) in [6.07, 6.45) is 2.31. The predicted octanol–water partition coefficient (Wildman–Crippen LogP) is 5.19. The van der Waals surface area contributed by atoms with Crippen molar-refractivity contribution in [1.82, 2.24) is 0 Å². The van der Waals surface area contributed by atoms with Crippen molar-refractivity contribution in [3.05, 3.63) is 53.6 Å². The zero-order chi connectivity index (χ0) is 17.1. The number of rotatable bonds is 5. The Kier molecular flexibility index (Phi) is 4.95. The number of ether oxygens (including phenoxy) is 1. The zero-order valence-corrected chi connectivity index (χ0v) is 14.6. The molecule has 2 amide bonds. The van der Waals surface area contributed by atoms with E-state index in [1.165, 1.54) is 0 Å². The molecule has 0 spiro atoms. The van der Waals surface area contributed by atoms with E-state index in [1.807, 2.05) is 24.3 Å². The number of amides is 2. The highest BCUT2D eigenvalue weighted by atomic mass is 35.5.